The minimum Gasteiger partial charge on any atom is -0.348 e. The van der Waals surface area contributed by atoms with Crippen molar-refractivity contribution >= 4 is 12.0 Å². The topological polar surface area (TPSA) is 59.8 Å². The van der Waals surface area contributed by atoms with Crippen LogP contribution < -0.4 is 5.32 Å². The molecular weight excluding hydrogens is 300 g/mol. The number of hydrogen-bond donors (Lipinski definition) is 1. The Morgan fingerprint density at radius 2 is 1.92 bits per heavy atom. The molecule has 2 aromatic heterocycles. The lowest BCUT2D eigenvalue weighted by molar-refractivity contribution is -0.116. The molecule has 5 heteroatoms. The minimum absolute atomic E-state index is 0.124. The fourth-order valence-electron chi connectivity index (χ4n) is 2.25. The molecule has 0 atom stereocenters. The molecule has 0 aliphatic carbocycles. The Morgan fingerprint density at radius 3 is 2.62 bits per heavy atom. The molecule has 0 saturated heterocycles. The molecule has 24 heavy (non-hydrogen) atoms. The van der Waals surface area contributed by atoms with Crippen molar-refractivity contribution in [3.63, 3.8) is 0 Å². The fraction of sp³-hybridized carbons (Fsp3) is 0.105. The molecule has 0 radical (unpaired) electrons. The van der Waals surface area contributed by atoms with E-state index in [1.54, 1.807) is 31.0 Å². The third-order valence-electron chi connectivity index (χ3n) is 3.53. The molecule has 1 aromatic carbocycles. The lowest BCUT2D eigenvalue weighted by Crippen LogP contribution is -2.20. The van der Waals surface area contributed by atoms with Crippen LogP contribution in [0.4, 0.5) is 0 Å². The fourth-order valence-corrected chi connectivity index (χ4v) is 2.25. The number of benzene rings is 1. The molecule has 0 spiro atoms. The highest BCUT2D eigenvalue weighted by molar-refractivity contribution is 5.91. The van der Waals surface area contributed by atoms with Crippen LogP contribution in [0.15, 0.2) is 73.6 Å². The number of amides is 1. The van der Waals surface area contributed by atoms with Crippen molar-refractivity contribution in [1.29, 1.82) is 0 Å². The first-order valence-electron chi connectivity index (χ1n) is 7.69. The average Bonchev–Trinajstić information content (AvgIpc) is 3.13. The van der Waals surface area contributed by atoms with Crippen molar-refractivity contribution < 1.29 is 4.79 Å². The number of pyridine rings is 1. The van der Waals surface area contributed by atoms with Gasteiger partial charge in [-0.15, -0.1) is 0 Å². The van der Waals surface area contributed by atoms with E-state index in [4.69, 9.17) is 0 Å². The number of carbonyl (C=O) groups excluding carboxylic acids is 1. The van der Waals surface area contributed by atoms with Crippen molar-refractivity contribution in [1.82, 2.24) is 19.9 Å². The monoisotopic (exact) mass is 318 g/mol. The van der Waals surface area contributed by atoms with E-state index >= 15 is 0 Å². The van der Waals surface area contributed by atoms with E-state index in [0.29, 0.717) is 6.54 Å². The van der Waals surface area contributed by atoms with Gasteiger partial charge in [0.15, 0.2) is 0 Å². The highest BCUT2D eigenvalue weighted by atomic mass is 16.1. The molecule has 2 heterocycles. The summed E-state index contributed by atoms with van der Waals surface area (Å²) in [7, 11) is 0. The maximum Gasteiger partial charge on any atom is 0.244 e. The van der Waals surface area contributed by atoms with E-state index < -0.39 is 0 Å². The Hall–Kier alpha value is -3.21. The van der Waals surface area contributed by atoms with E-state index in [2.05, 4.69) is 27.4 Å². The second kappa shape index (κ2) is 7.87. The summed E-state index contributed by atoms with van der Waals surface area (Å²) in [6, 6.07) is 11.9. The van der Waals surface area contributed by atoms with Gasteiger partial charge in [0, 0.05) is 44.0 Å². The zero-order valence-electron chi connectivity index (χ0n) is 13.2. The van der Waals surface area contributed by atoms with Gasteiger partial charge in [-0.05, 0) is 28.8 Å². The second-order valence-corrected chi connectivity index (χ2v) is 5.39. The van der Waals surface area contributed by atoms with Crippen LogP contribution in [0.1, 0.15) is 16.7 Å². The Balaban J connectivity index is 1.49. The summed E-state index contributed by atoms with van der Waals surface area (Å²) in [5.74, 6) is -0.124. The molecule has 1 N–H and O–H groups in total. The molecule has 0 saturated carbocycles. The van der Waals surface area contributed by atoms with Gasteiger partial charge in [-0.25, -0.2) is 4.98 Å². The molecule has 0 aliphatic rings. The van der Waals surface area contributed by atoms with E-state index in [0.717, 1.165) is 17.7 Å². The van der Waals surface area contributed by atoms with Crippen LogP contribution in [0.3, 0.4) is 0 Å². The molecule has 0 unspecified atom stereocenters. The number of carbonyl (C=O) groups is 1. The van der Waals surface area contributed by atoms with E-state index in [1.165, 1.54) is 11.6 Å². The maximum atomic E-state index is 11.8. The third kappa shape index (κ3) is 4.64. The van der Waals surface area contributed by atoms with Gasteiger partial charge < -0.3 is 9.88 Å². The summed E-state index contributed by atoms with van der Waals surface area (Å²) < 4.78 is 2.01. The molecule has 5 nitrogen and oxygen atoms in total. The van der Waals surface area contributed by atoms with Gasteiger partial charge in [0.2, 0.25) is 5.91 Å². The number of imidazole rings is 1. The molecule has 3 rings (SSSR count). The highest BCUT2D eigenvalue weighted by Gasteiger charge is 1.99. The number of nitrogens with one attached hydrogen (secondary N) is 1. The van der Waals surface area contributed by atoms with Crippen molar-refractivity contribution in [3.05, 3.63) is 90.3 Å². The molecular formula is C19H18N4O. The van der Waals surface area contributed by atoms with Crippen LogP contribution in [0.5, 0.6) is 0 Å². The predicted octanol–water partition coefficient (Wildman–Crippen LogP) is 2.66. The van der Waals surface area contributed by atoms with Crippen LogP contribution in [0.2, 0.25) is 0 Å². The highest BCUT2D eigenvalue weighted by Crippen LogP contribution is 2.06. The number of rotatable bonds is 6. The number of hydrogen-bond acceptors (Lipinski definition) is 3. The van der Waals surface area contributed by atoms with Crippen molar-refractivity contribution in [2.24, 2.45) is 0 Å². The van der Waals surface area contributed by atoms with E-state index in [-0.39, 0.29) is 5.91 Å². The first-order valence-corrected chi connectivity index (χ1v) is 7.69. The molecule has 0 fully saturated rings. The van der Waals surface area contributed by atoms with Crippen LogP contribution in [0, 0.1) is 0 Å². The molecule has 1 amide bonds. The summed E-state index contributed by atoms with van der Waals surface area (Å²) >= 11 is 0. The summed E-state index contributed by atoms with van der Waals surface area (Å²) in [4.78, 5) is 19.9. The zero-order valence-corrected chi connectivity index (χ0v) is 13.2. The van der Waals surface area contributed by atoms with Crippen LogP contribution in [-0.2, 0) is 17.9 Å². The smallest absolute Gasteiger partial charge is 0.244 e. The number of aromatic nitrogens is 3. The standard InChI is InChI=1S/C19H18N4O/c24-19(8-7-16-2-1-9-20-12-16)22-13-17-3-5-18(6-4-17)14-23-11-10-21-15-23/h1-12,15H,13-14H2,(H,22,24)/b8-7+. The van der Waals surface area contributed by atoms with E-state index in [1.807, 2.05) is 35.0 Å². The van der Waals surface area contributed by atoms with Gasteiger partial charge in [0.25, 0.3) is 0 Å². The van der Waals surface area contributed by atoms with Crippen LogP contribution >= 0.6 is 0 Å². The van der Waals surface area contributed by atoms with Crippen LogP contribution in [0.25, 0.3) is 6.08 Å². The normalized spacial score (nSPS) is 10.8. The molecule has 0 aliphatic heterocycles. The minimum atomic E-state index is -0.124. The summed E-state index contributed by atoms with van der Waals surface area (Å²) in [5.41, 5.74) is 3.16. The average molecular weight is 318 g/mol. The predicted molar refractivity (Wildman–Crippen MR) is 92.9 cm³/mol. The largest absolute Gasteiger partial charge is 0.348 e. The Morgan fingerprint density at radius 1 is 1.08 bits per heavy atom. The molecule has 0 bridgehead atoms. The van der Waals surface area contributed by atoms with Gasteiger partial charge in [0.1, 0.15) is 0 Å². The van der Waals surface area contributed by atoms with Gasteiger partial charge in [0.05, 0.1) is 6.33 Å². The van der Waals surface area contributed by atoms with Crippen molar-refractivity contribution in [2.75, 3.05) is 0 Å². The van der Waals surface area contributed by atoms with Gasteiger partial charge >= 0.3 is 0 Å². The lowest BCUT2D eigenvalue weighted by Gasteiger charge is -2.06. The third-order valence-corrected chi connectivity index (χ3v) is 3.53. The van der Waals surface area contributed by atoms with Gasteiger partial charge in [-0.2, -0.15) is 0 Å². The van der Waals surface area contributed by atoms with Crippen molar-refractivity contribution in [2.45, 2.75) is 13.1 Å². The van der Waals surface area contributed by atoms with E-state index in [9.17, 15) is 4.79 Å². The Labute approximate surface area is 140 Å². The van der Waals surface area contributed by atoms with Gasteiger partial charge in [-0.1, -0.05) is 30.3 Å². The summed E-state index contributed by atoms with van der Waals surface area (Å²) in [6.07, 6.45) is 12.2. The maximum absolute atomic E-state index is 11.8. The van der Waals surface area contributed by atoms with Crippen LogP contribution in [-0.4, -0.2) is 20.4 Å². The quantitative estimate of drug-likeness (QED) is 0.711. The summed E-state index contributed by atoms with van der Waals surface area (Å²) in [5, 5.41) is 2.87. The lowest BCUT2D eigenvalue weighted by atomic mass is 10.1. The SMILES string of the molecule is O=C(/C=C/c1cccnc1)NCc1ccc(Cn2ccnc2)cc1. The van der Waals surface area contributed by atoms with Gasteiger partial charge in [-0.3, -0.25) is 9.78 Å². The Kier molecular flexibility index (Phi) is 5.14. The second-order valence-electron chi connectivity index (χ2n) is 5.39. The number of nitrogens with zero attached hydrogens (tertiary/aromatic N) is 3. The summed E-state index contributed by atoms with van der Waals surface area (Å²) in [6.45, 7) is 1.29. The Bertz CT molecular complexity index is 793. The first kappa shape index (κ1) is 15.7. The first-order chi connectivity index (χ1) is 11.8. The zero-order chi connectivity index (χ0) is 16.6. The molecule has 120 valence electrons. The molecule has 3 aromatic rings. The van der Waals surface area contributed by atoms with Crippen molar-refractivity contribution in [3.8, 4) is 0 Å².